The number of carbonyl (C=O) groups is 1. The fourth-order valence-electron chi connectivity index (χ4n) is 3.54. The van der Waals surface area contributed by atoms with Gasteiger partial charge in [0, 0.05) is 0 Å². The molecule has 1 aliphatic rings. The highest BCUT2D eigenvalue weighted by atomic mass is 16.2. The number of amides is 1. The second-order valence-electron chi connectivity index (χ2n) is 6.70. The molecule has 1 fully saturated rings. The summed E-state index contributed by atoms with van der Waals surface area (Å²) in [4.78, 5) is 14.3. The number of quaternary nitrogens is 1. The maximum absolute atomic E-state index is 12.9. The van der Waals surface area contributed by atoms with E-state index < -0.39 is 0 Å². The van der Waals surface area contributed by atoms with E-state index >= 15 is 0 Å². The standard InChI is InChI=1S/C21H26N2O/c1-17(23-15-9-4-10-16-23)21(24)22-20(18-11-5-2-6-12-18)19-13-7-3-8-14-19/h2-3,5-8,11-14,17,20H,4,9-10,15-16H2,1H3,(H,22,24)/p+1/t17-/m1/s1. The molecule has 3 nitrogen and oxygen atoms in total. The number of piperidine rings is 1. The molecule has 0 aliphatic carbocycles. The lowest BCUT2D eigenvalue weighted by Crippen LogP contribution is -3.17. The van der Waals surface area contributed by atoms with Crippen LogP contribution in [-0.4, -0.2) is 25.0 Å². The highest BCUT2D eigenvalue weighted by Gasteiger charge is 2.28. The van der Waals surface area contributed by atoms with Crippen molar-refractivity contribution in [1.82, 2.24) is 5.32 Å². The Hall–Kier alpha value is -2.13. The zero-order valence-electron chi connectivity index (χ0n) is 14.4. The molecule has 2 aromatic rings. The molecule has 3 heteroatoms. The predicted molar refractivity (Wildman–Crippen MR) is 96.9 cm³/mol. The van der Waals surface area contributed by atoms with Crippen molar-refractivity contribution in [2.75, 3.05) is 13.1 Å². The van der Waals surface area contributed by atoms with Crippen molar-refractivity contribution in [3.8, 4) is 0 Å². The Morgan fingerprint density at radius 2 is 1.38 bits per heavy atom. The van der Waals surface area contributed by atoms with Gasteiger partial charge in [0.1, 0.15) is 0 Å². The molecule has 1 aliphatic heterocycles. The molecule has 0 aromatic heterocycles. The SMILES string of the molecule is C[C@H](C(=O)NC(c1ccccc1)c1ccccc1)[NH+]1CCCCC1. The molecular formula is C21H27N2O+. The molecule has 3 rings (SSSR count). The molecule has 0 spiro atoms. The number of carbonyl (C=O) groups excluding carboxylic acids is 1. The average molecular weight is 323 g/mol. The number of hydrogen-bond donors (Lipinski definition) is 2. The summed E-state index contributed by atoms with van der Waals surface area (Å²) >= 11 is 0. The molecule has 0 radical (unpaired) electrons. The van der Waals surface area contributed by atoms with E-state index in [4.69, 9.17) is 0 Å². The van der Waals surface area contributed by atoms with E-state index in [0.717, 1.165) is 24.2 Å². The van der Waals surface area contributed by atoms with Gasteiger partial charge in [0.15, 0.2) is 6.04 Å². The molecule has 1 amide bonds. The Balaban J connectivity index is 1.77. The summed E-state index contributed by atoms with van der Waals surface area (Å²) in [6, 6.07) is 20.3. The summed E-state index contributed by atoms with van der Waals surface area (Å²) in [6.45, 7) is 4.27. The molecule has 0 saturated carbocycles. The van der Waals surface area contributed by atoms with Crippen molar-refractivity contribution < 1.29 is 9.69 Å². The van der Waals surface area contributed by atoms with Crippen LogP contribution < -0.4 is 10.2 Å². The van der Waals surface area contributed by atoms with Gasteiger partial charge in [-0.25, -0.2) is 0 Å². The van der Waals surface area contributed by atoms with Crippen molar-refractivity contribution in [2.45, 2.75) is 38.3 Å². The molecule has 1 saturated heterocycles. The third-order valence-corrected chi connectivity index (χ3v) is 5.05. The quantitative estimate of drug-likeness (QED) is 0.870. The zero-order chi connectivity index (χ0) is 16.8. The van der Waals surface area contributed by atoms with E-state index in [1.807, 2.05) is 36.4 Å². The van der Waals surface area contributed by atoms with Crippen LogP contribution in [0.15, 0.2) is 60.7 Å². The van der Waals surface area contributed by atoms with Crippen molar-refractivity contribution in [3.05, 3.63) is 71.8 Å². The Bertz CT molecular complexity index is 596. The lowest BCUT2D eigenvalue weighted by Gasteiger charge is -2.30. The number of likely N-dealkylation sites (tertiary alicyclic amines) is 1. The molecule has 1 heterocycles. The first-order valence-electron chi connectivity index (χ1n) is 9.00. The van der Waals surface area contributed by atoms with Crippen LogP contribution in [0.5, 0.6) is 0 Å². The number of benzene rings is 2. The Morgan fingerprint density at radius 3 is 1.88 bits per heavy atom. The second-order valence-corrected chi connectivity index (χ2v) is 6.70. The number of rotatable bonds is 5. The summed E-state index contributed by atoms with van der Waals surface area (Å²) in [5, 5.41) is 3.29. The third kappa shape index (κ3) is 4.04. The minimum absolute atomic E-state index is 0.000208. The first-order valence-corrected chi connectivity index (χ1v) is 9.00. The topological polar surface area (TPSA) is 33.5 Å². The van der Waals surface area contributed by atoms with Crippen molar-refractivity contribution in [2.24, 2.45) is 0 Å². The van der Waals surface area contributed by atoms with Gasteiger partial charge in [-0.05, 0) is 37.3 Å². The number of nitrogens with one attached hydrogen (secondary N) is 2. The maximum Gasteiger partial charge on any atom is 0.278 e. The van der Waals surface area contributed by atoms with Gasteiger partial charge in [-0.1, -0.05) is 60.7 Å². The normalized spacial score (nSPS) is 16.8. The molecule has 24 heavy (non-hydrogen) atoms. The van der Waals surface area contributed by atoms with Crippen LogP contribution in [0.25, 0.3) is 0 Å². The Labute approximate surface area is 144 Å². The molecular weight excluding hydrogens is 296 g/mol. The molecule has 126 valence electrons. The molecule has 1 atom stereocenters. The highest BCUT2D eigenvalue weighted by molar-refractivity contribution is 5.80. The molecule has 2 aromatic carbocycles. The minimum Gasteiger partial charge on any atom is -0.340 e. The first-order chi connectivity index (χ1) is 11.8. The smallest absolute Gasteiger partial charge is 0.278 e. The van der Waals surface area contributed by atoms with Gasteiger partial charge < -0.3 is 10.2 Å². The van der Waals surface area contributed by atoms with Crippen LogP contribution in [0, 0.1) is 0 Å². The van der Waals surface area contributed by atoms with Gasteiger partial charge in [0.05, 0.1) is 19.1 Å². The van der Waals surface area contributed by atoms with Crippen molar-refractivity contribution >= 4 is 5.91 Å². The summed E-state index contributed by atoms with van der Waals surface area (Å²) < 4.78 is 0. The van der Waals surface area contributed by atoms with E-state index in [1.165, 1.54) is 24.2 Å². The van der Waals surface area contributed by atoms with Gasteiger partial charge in [0.2, 0.25) is 0 Å². The van der Waals surface area contributed by atoms with E-state index in [1.54, 1.807) is 0 Å². The lowest BCUT2D eigenvalue weighted by atomic mass is 9.98. The van der Waals surface area contributed by atoms with E-state index in [9.17, 15) is 4.79 Å². The number of hydrogen-bond acceptors (Lipinski definition) is 1. The van der Waals surface area contributed by atoms with Crippen molar-refractivity contribution in [3.63, 3.8) is 0 Å². The van der Waals surface area contributed by atoms with Crippen LogP contribution in [0.3, 0.4) is 0 Å². The zero-order valence-corrected chi connectivity index (χ0v) is 14.4. The van der Waals surface area contributed by atoms with Crippen LogP contribution >= 0.6 is 0 Å². The van der Waals surface area contributed by atoms with E-state index in [0.29, 0.717) is 0 Å². The lowest BCUT2D eigenvalue weighted by molar-refractivity contribution is -0.918. The fourth-order valence-corrected chi connectivity index (χ4v) is 3.54. The summed E-state index contributed by atoms with van der Waals surface area (Å²) in [5.41, 5.74) is 2.25. The van der Waals surface area contributed by atoms with Gasteiger partial charge in [0.25, 0.3) is 5.91 Å². The molecule has 0 unspecified atom stereocenters. The van der Waals surface area contributed by atoms with E-state index in [-0.39, 0.29) is 18.0 Å². The predicted octanol–water partition coefficient (Wildman–Crippen LogP) is 2.35. The summed E-state index contributed by atoms with van der Waals surface area (Å²) in [7, 11) is 0. The van der Waals surface area contributed by atoms with E-state index in [2.05, 4.69) is 36.5 Å². The Kier molecular flexibility index (Phi) is 5.65. The maximum atomic E-state index is 12.9. The third-order valence-electron chi connectivity index (χ3n) is 5.05. The molecule has 2 N–H and O–H groups in total. The summed E-state index contributed by atoms with van der Waals surface area (Å²) in [5.74, 6) is 0.143. The monoisotopic (exact) mass is 323 g/mol. The Morgan fingerprint density at radius 1 is 0.875 bits per heavy atom. The van der Waals surface area contributed by atoms with Crippen LogP contribution in [0.1, 0.15) is 43.4 Å². The first kappa shape index (κ1) is 16.7. The highest BCUT2D eigenvalue weighted by Crippen LogP contribution is 2.21. The van der Waals surface area contributed by atoms with Crippen LogP contribution in [-0.2, 0) is 4.79 Å². The van der Waals surface area contributed by atoms with Gasteiger partial charge in [-0.3, -0.25) is 4.79 Å². The van der Waals surface area contributed by atoms with Gasteiger partial charge in [-0.15, -0.1) is 0 Å². The van der Waals surface area contributed by atoms with Crippen molar-refractivity contribution in [1.29, 1.82) is 0 Å². The largest absolute Gasteiger partial charge is 0.340 e. The second kappa shape index (κ2) is 8.11. The molecule has 0 bridgehead atoms. The summed E-state index contributed by atoms with van der Waals surface area (Å²) in [6.07, 6.45) is 3.76. The minimum atomic E-state index is -0.0912. The van der Waals surface area contributed by atoms with Crippen LogP contribution in [0.2, 0.25) is 0 Å². The fraction of sp³-hybridized carbons (Fsp3) is 0.381. The average Bonchev–Trinajstić information content (AvgIpc) is 2.67. The van der Waals surface area contributed by atoms with Gasteiger partial charge in [-0.2, -0.15) is 0 Å². The van der Waals surface area contributed by atoms with Gasteiger partial charge >= 0.3 is 0 Å². The van der Waals surface area contributed by atoms with Crippen LogP contribution in [0.4, 0.5) is 0 Å².